The summed E-state index contributed by atoms with van der Waals surface area (Å²) in [5.74, 6) is 1.86. The van der Waals surface area contributed by atoms with Gasteiger partial charge in [-0.15, -0.1) is 0 Å². The first-order valence-corrected chi connectivity index (χ1v) is 7.20. The average Bonchev–Trinajstić information content (AvgIpc) is 2.62. The van der Waals surface area contributed by atoms with Gasteiger partial charge in [-0.3, -0.25) is 9.69 Å². The lowest BCUT2D eigenvalue weighted by molar-refractivity contribution is -0.145. The highest BCUT2D eigenvalue weighted by Crippen LogP contribution is 2.29. The van der Waals surface area contributed by atoms with Crippen LogP contribution in [0.4, 0.5) is 0 Å². The molecule has 2 aliphatic rings. The van der Waals surface area contributed by atoms with Crippen molar-refractivity contribution in [3.05, 3.63) is 0 Å². The van der Waals surface area contributed by atoms with E-state index in [-0.39, 0.29) is 6.04 Å². The van der Waals surface area contributed by atoms with Crippen molar-refractivity contribution in [2.24, 2.45) is 5.92 Å². The van der Waals surface area contributed by atoms with Crippen molar-refractivity contribution < 1.29 is 9.90 Å². The van der Waals surface area contributed by atoms with Crippen LogP contribution in [0.2, 0.25) is 0 Å². The average molecular weight is 244 g/mol. The second-order valence-corrected chi connectivity index (χ2v) is 5.70. The van der Waals surface area contributed by atoms with Crippen molar-refractivity contribution in [2.75, 3.05) is 37.7 Å². The highest BCUT2D eigenvalue weighted by Gasteiger charge is 2.35. The van der Waals surface area contributed by atoms with Gasteiger partial charge < -0.3 is 10.4 Å². The molecule has 2 fully saturated rings. The predicted octanol–water partition coefficient (Wildman–Crippen LogP) is 0.488. The summed E-state index contributed by atoms with van der Waals surface area (Å²) in [6, 6.07) is -0.255. The van der Waals surface area contributed by atoms with Crippen molar-refractivity contribution in [1.82, 2.24) is 10.2 Å². The van der Waals surface area contributed by atoms with Gasteiger partial charge in [0.05, 0.1) is 0 Å². The van der Waals surface area contributed by atoms with Crippen LogP contribution in [0.1, 0.15) is 12.8 Å². The third-order valence-electron chi connectivity index (χ3n) is 3.43. The molecule has 2 rings (SSSR count). The Morgan fingerprint density at radius 3 is 3.00 bits per heavy atom. The van der Waals surface area contributed by atoms with E-state index in [0.29, 0.717) is 5.92 Å². The Morgan fingerprint density at radius 1 is 1.44 bits per heavy atom. The van der Waals surface area contributed by atoms with E-state index in [4.69, 9.17) is 0 Å². The maximum atomic E-state index is 11.4. The number of nitrogens with zero attached hydrogens (tertiary/aromatic N) is 1. The molecule has 0 saturated carbocycles. The fourth-order valence-electron chi connectivity index (χ4n) is 2.60. The van der Waals surface area contributed by atoms with Gasteiger partial charge in [-0.25, -0.2) is 0 Å². The fraction of sp³-hybridized carbons (Fsp3) is 0.909. The molecule has 0 amide bonds. The lowest BCUT2D eigenvalue weighted by Crippen LogP contribution is -2.47. The maximum Gasteiger partial charge on any atom is 0.321 e. The number of carboxylic acids is 1. The van der Waals surface area contributed by atoms with Crippen molar-refractivity contribution in [1.29, 1.82) is 0 Å². The number of hydrogen-bond donors (Lipinski definition) is 2. The Balaban J connectivity index is 2.01. The molecule has 2 N–H and O–H groups in total. The second-order valence-electron chi connectivity index (χ2n) is 4.55. The van der Waals surface area contributed by atoms with Gasteiger partial charge in [-0.05, 0) is 36.8 Å². The minimum Gasteiger partial charge on any atom is -0.480 e. The summed E-state index contributed by atoms with van der Waals surface area (Å²) in [5, 5.41) is 12.7. The molecule has 16 heavy (non-hydrogen) atoms. The highest BCUT2D eigenvalue weighted by molar-refractivity contribution is 7.99. The number of carboxylic acid groups (broad SMARTS) is 1. The van der Waals surface area contributed by atoms with Crippen LogP contribution in [0, 0.1) is 5.92 Å². The largest absolute Gasteiger partial charge is 0.480 e. The number of thioether (sulfide) groups is 1. The molecule has 0 radical (unpaired) electrons. The third-order valence-corrected chi connectivity index (χ3v) is 4.62. The van der Waals surface area contributed by atoms with Crippen LogP contribution in [-0.2, 0) is 4.79 Å². The predicted molar refractivity (Wildman–Crippen MR) is 65.9 cm³/mol. The zero-order valence-electron chi connectivity index (χ0n) is 9.52. The summed E-state index contributed by atoms with van der Waals surface area (Å²) >= 11 is 1.89. The standard InChI is InChI=1S/C11H20N2O2S/c14-11(15)10(9-2-7-16-8-9)13-5-1-3-12-4-6-13/h9-10,12H,1-8H2,(H,14,15). The molecule has 92 valence electrons. The van der Waals surface area contributed by atoms with Gasteiger partial charge in [0.25, 0.3) is 0 Å². The number of aliphatic carboxylic acids is 1. The molecule has 0 bridgehead atoms. The quantitative estimate of drug-likeness (QED) is 0.756. The Labute approximate surface area is 101 Å². The van der Waals surface area contributed by atoms with E-state index < -0.39 is 5.97 Å². The first kappa shape index (κ1) is 12.2. The van der Waals surface area contributed by atoms with E-state index in [1.807, 2.05) is 11.8 Å². The Morgan fingerprint density at radius 2 is 2.31 bits per heavy atom. The summed E-state index contributed by atoms with van der Waals surface area (Å²) in [6.07, 6.45) is 2.12. The van der Waals surface area contributed by atoms with Gasteiger partial charge in [0.2, 0.25) is 0 Å². The summed E-state index contributed by atoms with van der Waals surface area (Å²) in [6.45, 7) is 3.73. The van der Waals surface area contributed by atoms with Crippen LogP contribution in [0.25, 0.3) is 0 Å². The van der Waals surface area contributed by atoms with E-state index in [2.05, 4.69) is 10.2 Å². The van der Waals surface area contributed by atoms with Gasteiger partial charge in [0, 0.05) is 19.6 Å². The van der Waals surface area contributed by atoms with E-state index in [0.717, 1.165) is 50.5 Å². The number of carbonyl (C=O) groups is 1. The summed E-state index contributed by atoms with van der Waals surface area (Å²) in [7, 11) is 0. The molecular formula is C11H20N2O2S. The van der Waals surface area contributed by atoms with Crippen LogP contribution in [0.3, 0.4) is 0 Å². The van der Waals surface area contributed by atoms with Crippen LogP contribution < -0.4 is 5.32 Å². The normalized spacial score (nSPS) is 29.9. The molecule has 2 heterocycles. The lowest BCUT2D eigenvalue weighted by Gasteiger charge is -2.31. The molecule has 2 atom stereocenters. The third kappa shape index (κ3) is 2.90. The van der Waals surface area contributed by atoms with Crippen LogP contribution in [0.5, 0.6) is 0 Å². The lowest BCUT2D eigenvalue weighted by atomic mass is 9.97. The van der Waals surface area contributed by atoms with E-state index in [1.54, 1.807) is 0 Å². The van der Waals surface area contributed by atoms with Gasteiger partial charge in [-0.1, -0.05) is 0 Å². The molecule has 2 unspecified atom stereocenters. The van der Waals surface area contributed by atoms with Crippen molar-refractivity contribution in [3.8, 4) is 0 Å². The van der Waals surface area contributed by atoms with Crippen molar-refractivity contribution in [2.45, 2.75) is 18.9 Å². The second kappa shape index (κ2) is 5.89. The zero-order chi connectivity index (χ0) is 11.4. The Kier molecular flexibility index (Phi) is 4.49. The van der Waals surface area contributed by atoms with Gasteiger partial charge in [-0.2, -0.15) is 11.8 Å². The minimum atomic E-state index is -0.630. The van der Waals surface area contributed by atoms with Gasteiger partial charge >= 0.3 is 5.97 Å². The van der Waals surface area contributed by atoms with Crippen molar-refractivity contribution in [3.63, 3.8) is 0 Å². The molecule has 5 heteroatoms. The number of rotatable bonds is 3. The Bertz CT molecular complexity index is 236. The fourth-order valence-corrected chi connectivity index (χ4v) is 3.89. The maximum absolute atomic E-state index is 11.4. The summed E-state index contributed by atoms with van der Waals surface area (Å²) < 4.78 is 0. The SMILES string of the molecule is O=C(O)C(C1CCSC1)N1CCCNCC1. The molecule has 2 saturated heterocycles. The molecular weight excluding hydrogens is 224 g/mol. The molecule has 0 aromatic carbocycles. The van der Waals surface area contributed by atoms with Crippen LogP contribution in [-0.4, -0.2) is 59.7 Å². The number of hydrogen-bond acceptors (Lipinski definition) is 4. The highest BCUT2D eigenvalue weighted by atomic mass is 32.2. The molecule has 0 aromatic heterocycles. The summed E-state index contributed by atoms with van der Waals surface area (Å²) in [4.78, 5) is 13.6. The van der Waals surface area contributed by atoms with E-state index in [9.17, 15) is 9.90 Å². The van der Waals surface area contributed by atoms with Crippen LogP contribution >= 0.6 is 11.8 Å². The van der Waals surface area contributed by atoms with Gasteiger partial charge in [0.15, 0.2) is 0 Å². The van der Waals surface area contributed by atoms with Gasteiger partial charge in [0.1, 0.15) is 6.04 Å². The monoisotopic (exact) mass is 244 g/mol. The molecule has 0 aliphatic carbocycles. The van der Waals surface area contributed by atoms with E-state index in [1.165, 1.54) is 0 Å². The first-order chi connectivity index (χ1) is 7.79. The van der Waals surface area contributed by atoms with Crippen molar-refractivity contribution >= 4 is 17.7 Å². The summed E-state index contributed by atoms with van der Waals surface area (Å²) in [5.41, 5.74) is 0. The first-order valence-electron chi connectivity index (χ1n) is 6.04. The molecule has 0 aromatic rings. The molecule has 0 spiro atoms. The smallest absolute Gasteiger partial charge is 0.321 e. The molecule has 4 nitrogen and oxygen atoms in total. The zero-order valence-corrected chi connectivity index (χ0v) is 10.3. The topological polar surface area (TPSA) is 52.6 Å². The molecule has 2 aliphatic heterocycles. The van der Waals surface area contributed by atoms with Crippen LogP contribution in [0.15, 0.2) is 0 Å². The minimum absolute atomic E-state index is 0.255. The Hall–Kier alpha value is -0.260. The number of nitrogens with one attached hydrogen (secondary N) is 1. The van der Waals surface area contributed by atoms with E-state index >= 15 is 0 Å².